The van der Waals surface area contributed by atoms with Crippen LogP contribution >= 0.6 is 0 Å². The first kappa shape index (κ1) is 21.1. The number of nitrogens with zero attached hydrogens (tertiary/aromatic N) is 5. The lowest BCUT2D eigenvalue weighted by Crippen LogP contribution is -2.52. The van der Waals surface area contributed by atoms with Crippen molar-refractivity contribution >= 4 is 23.6 Å². The van der Waals surface area contributed by atoms with Gasteiger partial charge in [0.05, 0.1) is 23.6 Å². The minimum atomic E-state index is -0.673. The van der Waals surface area contributed by atoms with E-state index in [1.165, 1.54) is 9.58 Å². The van der Waals surface area contributed by atoms with Gasteiger partial charge in [-0.25, -0.2) is 4.68 Å². The lowest BCUT2D eigenvalue weighted by molar-refractivity contribution is -0.136. The molecule has 1 aromatic carbocycles. The van der Waals surface area contributed by atoms with Gasteiger partial charge in [0, 0.05) is 24.7 Å². The van der Waals surface area contributed by atoms with Crippen LogP contribution in [-0.2, 0) is 22.6 Å². The van der Waals surface area contributed by atoms with E-state index in [0.717, 1.165) is 29.7 Å². The lowest BCUT2D eigenvalue weighted by Gasteiger charge is -2.29. The van der Waals surface area contributed by atoms with Gasteiger partial charge < -0.3 is 10.2 Å². The van der Waals surface area contributed by atoms with Crippen LogP contribution in [0, 0.1) is 0 Å². The summed E-state index contributed by atoms with van der Waals surface area (Å²) in [6.45, 7) is 0.254. The van der Waals surface area contributed by atoms with E-state index >= 15 is 0 Å². The molecule has 3 aromatic rings. The topological polar surface area (TPSA) is 139 Å². The van der Waals surface area contributed by atoms with E-state index in [1.54, 1.807) is 30.6 Å². The number of carbonyl (C=O) groups is 4. The minimum absolute atomic E-state index is 0.159. The molecule has 4 amide bonds. The van der Waals surface area contributed by atoms with Gasteiger partial charge in [0.15, 0.2) is 5.69 Å². The highest BCUT2D eigenvalue weighted by atomic mass is 16.2. The fraction of sp³-hybridized carbons (Fsp3) is 0.292. The van der Waals surface area contributed by atoms with Crippen LogP contribution in [0.2, 0.25) is 0 Å². The summed E-state index contributed by atoms with van der Waals surface area (Å²) in [6, 6.07) is 8.28. The first-order chi connectivity index (χ1) is 17.0. The van der Waals surface area contributed by atoms with Crippen LogP contribution in [0.15, 0.2) is 42.7 Å². The van der Waals surface area contributed by atoms with Crippen molar-refractivity contribution in [2.75, 3.05) is 0 Å². The summed E-state index contributed by atoms with van der Waals surface area (Å²) < 4.78 is 1.48. The smallest absolute Gasteiger partial charge is 0.274 e. The molecule has 11 heteroatoms. The Kier molecular flexibility index (Phi) is 4.90. The predicted octanol–water partition coefficient (Wildman–Crippen LogP) is 0.841. The quantitative estimate of drug-likeness (QED) is 0.538. The monoisotopic (exact) mass is 471 g/mol. The number of nitrogens with one attached hydrogen (secondary N) is 2. The molecule has 2 unspecified atom stereocenters. The molecule has 0 bridgehead atoms. The highest BCUT2D eigenvalue weighted by Crippen LogP contribution is 2.30. The van der Waals surface area contributed by atoms with Gasteiger partial charge >= 0.3 is 0 Å². The second-order valence-corrected chi connectivity index (χ2v) is 8.90. The molecular formula is C24H21N7O4. The molecule has 176 valence electrons. The number of hydrogen-bond donors (Lipinski definition) is 2. The SMILES string of the molecule is O=C1CCC(N2Cc3cc(-n4cc(C(=O)NC5CCc6cccnc65)nn4)ccc3C2=O)C(=O)N1. The van der Waals surface area contributed by atoms with Crippen LogP contribution in [0.4, 0.5) is 0 Å². The van der Waals surface area contributed by atoms with Crippen LogP contribution < -0.4 is 10.6 Å². The van der Waals surface area contributed by atoms with Gasteiger partial charge in [0.1, 0.15) is 6.04 Å². The van der Waals surface area contributed by atoms with Gasteiger partial charge in [0.2, 0.25) is 11.8 Å². The summed E-state index contributed by atoms with van der Waals surface area (Å²) in [4.78, 5) is 55.3. The van der Waals surface area contributed by atoms with Crippen molar-refractivity contribution in [3.05, 3.63) is 70.8 Å². The average Bonchev–Trinajstić information content (AvgIpc) is 3.57. The highest BCUT2D eigenvalue weighted by Gasteiger charge is 2.39. The van der Waals surface area contributed by atoms with Crippen LogP contribution in [0.5, 0.6) is 0 Å². The molecular weight excluding hydrogens is 450 g/mol. The molecule has 0 radical (unpaired) electrons. The van der Waals surface area contributed by atoms with Crippen molar-refractivity contribution in [3.8, 4) is 5.69 Å². The van der Waals surface area contributed by atoms with Crippen molar-refractivity contribution in [1.82, 2.24) is 35.5 Å². The molecule has 2 atom stereocenters. The van der Waals surface area contributed by atoms with E-state index in [1.807, 2.05) is 12.1 Å². The number of aryl methyl sites for hydroxylation is 1. The standard InChI is InChI=1S/C24H21N7O4/c32-20-8-7-19(23(34)27-20)30-11-14-10-15(4-5-16(14)24(30)35)31-12-18(28-29-31)22(33)26-17-6-3-13-2-1-9-25-21(13)17/h1-2,4-5,9-10,12,17,19H,3,6-8,11H2,(H,26,33)(H,27,32,34). The van der Waals surface area contributed by atoms with Gasteiger partial charge in [-0.2, -0.15) is 0 Å². The molecule has 2 aliphatic heterocycles. The number of aromatic nitrogens is 4. The van der Waals surface area contributed by atoms with Crippen molar-refractivity contribution < 1.29 is 19.2 Å². The number of piperidine rings is 1. The Bertz CT molecular complexity index is 1400. The van der Waals surface area contributed by atoms with Crippen molar-refractivity contribution in [3.63, 3.8) is 0 Å². The Morgan fingerprint density at radius 1 is 1.09 bits per heavy atom. The number of amides is 4. The Morgan fingerprint density at radius 3 is 2.83 bits per heavy atom. The Balaban J connectivity index is 1.18. The summed E-state index contributed by atoms with van der Waals surface area (Å²) >= 11 is 0. The molecule has 2 aromatic heterocycles. The molecule has 6 rings (SSSR count). The predicted molar refractivity (Wildman–Crippen MR) is 120 cm³/mol. The summed E-state index contributed by atoms with van der Waals surface area (Å²) in [5, 5.41) is 13.4. The van der Waals surface area contributed by atoms with E-state index in [9.17, 15) is 19.2 Å². The molecule has 0 spiro atoms. The minimum Gasteiger partial charge on any atom is -0.342 e. The van der Waals surface area contributed by atoms with Gasteiger partial charge in [-0.15, -0.1) is 5.10 Å². The number of hydrogen-bond acceptors (Lipinski definition) is 7. The molecule has 1 aliphatic carbocycles. The number of carbonyl (C=O) groups excluding carboxylic acids is 4. The van der Waals surface area contributed by atoms with E-state index in [2.05, 4.69) is 25.9 Å². The zero-order valence-electron chi connectivity index (χ0n) is 18.6. The van der Waals surface area contributed by atoms with Crippen LogP contribution in [0.3, 0.4) is 0 Å². The van der Waals surface area contributed by atoms with E-state index < -0.39 is 11.9 Å². The maximum Gasteiger partial charge on any atom is 0.274 e. The fourth-order valence-electron chi connectivity index (χ4n) is 4.98. The molecule has 1 saturated heterocycles. The highest BCUT2D eigenvalue weighted by molar-refractivity contribution is 6.05. The maximum absolute atomic E-state index is 12.9. The van der Waals surface area contributed by atoms with Crippen molar-refractivity contribution in [1.29, 1.82) is 0 Å². The third-order valence-electron chi connectivity index (χ3n) is 6.76. The van der Waals surface area contributed by atoms with Crippen LogP contribution in [-0.4, -0.2) is 54.5 Å². The third kappa shape index (κ3) is 3.65. The summed E-state index contributed by atoms with van der Waals surface area (Å²) in [5.41, 5.74) is 4.09. The van der Waals surface area contributed by atoms with Crippen molar-refractivity contribution in [2.45, 2.75) is 44.3 Å². The summed E-state index contributed by atoms with van der Waals surface area (Å²) in [6.07, 6.45) is 5.42. The molecule has 35 heavy (non-hydrogen) atoms. The fourth-order valence-corrected chi connectivity index (χ4v) is 4.98. The first-order valence-electron chi connectivity index (χ1n) is 11.4. The number of pyridine rings is 1. The molecule has 4 heterocycles. The molecule has 3 aliphatic rings. The van der Waals surface area contributed by atoms with Crippen molar-refractivity contribution in [2.24, 2.45) is 0 Å². The number of benzene rings is 1. The lowest BCUT2D eigenvalue weighted by atomic mass is 10.0. The number of fused-ring (bicyclic) bond motifs is 2. The van der Waals surface area contributed by atoms with E-state index in [0.29, 0.717) is 17.7 Å². The van der Waals surface area contributed by atoms with Gasteiger partial charge in [-0.3, -0.25) is 29.5 Å². The van der Waals surface area contributed by atoms with E-state index in [4.69, 9.17) is 0 Å². The van der Waals surface area contributed by atoms with Crippen LogP contribution in [0.25, 0.3) is 5.69 Å². The summed E-state index contributed by atoms with van der Waals surface area (Å²) in [7, 11) is 0. The molecule has 11 nitrogen and oxygen atoms in total. The summed E-state index contributed by atoms with van der Waals surface area (Å²) in [5.74, 6) is -1.35. The molecule has 1 fully saturated rings. The second-order valence-electron chi connectivity index (χ2n) is 8.90. The zero-order chi connectivity index (χ0) is 24.1. The second kappa shape index (κ2) is 8.12. The average molecular weight is 471 g/mol. The third-order valence-corrected chi connectivity index (χ3v) is 6.76. The Labute approximate surface area is 199 Å². The Morgan fingerprint density at radius 2 is 1.97 bits per heavy atom. The Hall–Kier alpha value is -4.41. The van der Waals surface area contributed by atoms with Gasteiger partial charge in [-0.1, -0.05) is 11.3 Å². The first-order valence-corrected chi connectivity index (χ1v) is 11.4. The van der Waals surface area contributed by atoms with Gasteiger partial charge in [-0.05, 0) is 54.7 Å². The van der Waals surface area contributed by atoms with Gasteiger partial charge in [0.25, 0.3) is 11.8 Å². The number of rotatable bonds is 4. The maximum atomic E-state index is 12.9. The number of imide groups is 1. The van der Waals surface area contributed by atoms with E-state index in [-0.39, 0.29) is 42.4 Å². The largest absolute Gasteiger partial charge is 0.342 e. The molecule has 0 saturated carbocycles. The van der Waals surface area contributed by atoms with Crippen LogP contribution in [0.1, 0.15) is 63.0 Å². The zero-order valence-corrected chi connectivity index (χ0v) is 18.6. The normalized spacial score (nSPS) is 21.0. The molecule has 2 N–H and O–H groups in total.